The molecule has 120 valence electrons. The second-order valence-corrected chi connectivity index (χ2v) is 6.73. The van der Waals surface area contributed by atoms with Crippen molar-refractivity contribution in [3.8, 4) is 11.5 Å². The van der Waals surface area contributed by atoms with Crippen LogP contribution in [0.4, 0.5) is 0 Å². The summed E-state index contributed by atoms with van der Waals surface area (Å²) in [6.45, 7) is 2.13. The summed E-state index contributed by atoms with van der Waals surface area (Å²) in [6, 6.07) is 9.81. The average molecular weight is 312 g/mol. The summed E-state index contributed by atoms with van der Waals surface area (Å²) in [4.78, 5) is 18.5. The van der Waals surface area contributed by atoms with Gasteiger partial charge in [-0.25, -0.2) is 4.98 Å². The highest BCUT2D eigenvalue weighted by Crippen LogP contribution is 2.49. The number of aliphatic carboxylic acids is 1. The number of benzene rings is 1. The molecule has 1 aliphatic heterocycles. The maximum atomic E-state index is 11.7. The average Bonchev–Trinajstić information content (AvgIpc) is 3.22. The van der Waals surface area contributed by atoms with Gasteiger partial charge in [0.15, 0.2) is 0 Å². The van der Waals surface area contributed by atoms with E-state index in [1.54, 1.807) is 6.26 Å². The largest absolute Gasteiger partial charge is 0.481 e. The summed E-state index contributed by atoms with van der Waals surface area (Å²) in [5.74, 6) is 0.265. The predicted molar refractivity (Wildman–Crippen MR) is 84.6 cm³/mol. The van der Waals surface area contributed by atoms with Gasteiger partial charge >= 0.3 is 5.97 Å². The number of oxazole rings is 1. The minimum absolute atomic E-state index is 0.278. The molecule has 1 saturated heterocycles. The molecule has 1 saturated carbocycles. The Morgan fingerprint density at radius 1 is 1.39 bits per heavy atom. The van der Waals surface area contributed by atoms with Gasteiger partial charge in [0, 0.05) is 25.2 Å². The van der Waals surface area contributed by atoms with E-state index in [-0.39, 0.29) is 5.92 Å². The van der Waals surface area contributed by atoms with E-state index in [0.717, 1.165) is 37.1 Å². The van der Waals surface area contributed by atoms with Gasteiger partial charge in [-0.1, -0.05) is 24.6 Å². The zero-order valence-corrected chi connectivity index (χ0v) is 12.9. The zero-order chi connectivity index (χ0) is 15.9. The van der Waals surface area contributed by atoms with Crippen LogP contribution in [-0.4, -0.2) is 34.0 Å². The van der Waals surface area contributed by atoms with E-state index in [0.29, 0.717) is 19.0 Å². The normalized spacial score (nSPS) is 27.2. The van der Waals surface area contributed by atoms with E-state index >= 15 is 0 Å². The van der Waals surface area contributed by atoms with Crippen LogP contribution in [0.2, 0.25) is 0 Å². The summed E-state index contributed by atoms with van der Waals surface area (Å²) in [5, 5.41) is 9.65. The van der Waals surface area contributed by atoms with E-state index in [1.165, 1.54) is 0 Å². The van der Waals surface area contributed by atoms with Gasteiger partial charge in [0.1, 0.15) is 6.26 Å². The summed E-state index contributed by atoms with van der Waals surface area (Å²) in [5.41, 5.74) is 1.29. The number of hydrogen-bond donors (Lipinski definition) is 1. The molecule has 2 heterocycles. The van der Waals surface area contributed by atoms with Gasteiger partial charge in [0.2, 0.25) is 5.89 Å². The Labute approximate surface area is 134 Å². The fraction of sp³-hybridized carbons (Fsp3) is 0.444. The van der Waals surface area contributed by atoms with E-state index in [1.807, 2.05) is 30.3 Å². The van der Waals surface area contributed by atoms with Crippen molar-refractivity contribution in [3.63, 3.8) is 0 Å². The number of rotatable bonds is 4. The van der Waals surface area contributed by atoms with Crippen LogP contribution in [0.3, 0.4) is 0 Å². The Bertz CT molecular complexity index is 712. The molecular weight excluding hydrogens is 292 g/mol. The lowest BCUT2D eigenvalue weighted by Gasteiger charge is -2.23. The number of likely N-dealkylation sites (tertiary alicyclic amines) is 1. The molecule has 2 atom stereocenters. The topological polar surface area (TPSA) is 66.6 Å². The molecule has 0 radical (unpaired) electrons. The molecule has 2 aliphatic rings. The van der Waals surface area contributed by atoms with Crippen LogP contribution in [-0.2, 0) is 11.3 Å². The quantitative estimate of drug-likeness (QED) is 0.940. The lowest BCUT2D eigenvalue weighted by Crippen LogP contribution is -2.35. The number of fused-ring (bicyclic) bond motifs is 1. The standard InChI is InChI=1S/C18H20N2O3/c21-17(22)18-8-4-7-14(18)9-20(12-18)10-15-11-23-16(19-15)13-5-2-1-3-6-13/h1-3,5-6,11,14H,4,7-10,12H2,(H,21,22)/t14-,18+/m0/s1. The lowest BCUT2D eigenvalue weighted by atomic mass is 9.81. The van der Waals surface area contributed by atoms with E-state index in [9.17, 15) is 9.90 Å². The highest BCUT2D eigenvalue weighted by Gasteiger charge is 2.54. The summed E-state index contributed by atoms with van der Waals surface area (Å²) in [7, 11) is 0. The molecule has 0 bridgehead atoms. The summed E-state index contributed by atoms with van der Waals surface area (Å²) < 4.78 is 5.57. The van der Waals surface area contributed by atoms with Crippen LogP contribution in [0.5, 0.6) is 0 Å². The lowest BCUT2D eigenvalue weighted by molar-refractivity contribution is -0.149. The number of aromatic nitrogens is 1. The van der Waals surface area contributed by atoms with Crippen molar-refractivity contribution in [2.24, 2.45) is 11.3 Å². The first kappa shape index (κ1) is 14.5. The van der Waals surface area contributed by atoms with Gasteiger partial charge in [-0.05, 0) is 30.9 Å². The molecule has 2 aromatic rings. The number of carbonyl (C=O) groups is 1. The van der Waals surface area contributed by atoms with Crippen molar-refractivity contribution in [1.29, 1.82) is 0 Å². The minimum Gasteiger partial charge on any atom is -0.481 e. The first-order valence-corrected chi connectivity index (χ1v) is 8.13. The first-order chi connectivity index (χ1) is 11.2. The fourth-order valence-electron chi connectivity index (χ4n) is 4.19. The number of carboxylic acid groups (broad SMARTS) is 1. The van der Waals surface area contributed by atoms with Crippen LogP contribution < -0.4 is 0 Å². The second-order valence-electron chi connectivity index (χ2n) is 6.73. The van der Waals surface area contributed by atoms with E-state index < -0.39 is 11.4 Å². The molecule has 0 spiro atoms. The maximum absolute atomic E-state index is 11.7. The van der Waals surface area contributed by atoms with Crippen molar-refractivity contribution in [1.82, 2.24) is 9.88 Å². The number of hydrogen-bond acceptors (Lipinski definition) is 4. The molecule has 4 rings (SSSR count). The van der Waals surface area contributed by atoms with Crippen molar-refractivity contribution < 1.29 is 14.3 Å². The monoisotopic (exact) mass is 312 g/mol. The number of carboxylic acids is 1. The molecule has 1 aromatic carbocycles. The Hall–Kier alpha value is -2.14. The molecule has 2 fully saturated rings. The first-order valence-electron chi connectivity index (χ1n) is 8.13. The molecule has 1 N–H and O–H groups in total. The molecule has 1 aromatic heterocycles. The zero-order valence-electron chi connectivity index (χ0n) is 12.9. The second kappa shape index (κ2) is 5.49. The molecule has 5 nitrogen and oxygen atoms in total. The van der Waals surface area contributed by atoms with Gasteiger partial charge in [0.25, 0.3) is 0 Å². The van der Waals surface area contributed by atoms with E-state index in [4.69, 9.17) is 4.42 Å². The third kappa shape index (κ3) is 2.45. The Morgan fingerprint density at radius 3 is 2.96 bits per heavy atom. The maximum Gasteiger partial charge on any atom is 0.311 e. The Balaban J connectivity index is 1.48. The minimum atomic E-state index is -0.632. The molecule has 0 unspecified atom stereocenters. The Kier molecular flexibility index (Phi) is 3.45. The smallest absolute Gasteiger partial charge is 0.311 e. The predicted octanol–water partition coefficient (Wildman–Crippen LogP) is 3.03. The van der Waals surface area contributed by atoms with Gasteiger partial charge in [-0.15, -0.1) is 0 Å². The molecule has 1 aliphatic carbocycles. The van der Waals surface area contributed by atoms with Crippen molar-refractivity contribution in [2.75, 3.05) is 13.1 Å². The highest BCUT2D eigenvalue weighted by molar-refractivity contribution is 5.76. The molecule has 23 heavy (non-hydrogen) atoms. The molecule has 0 amide bonds. The van der Waals surface area contributed by atoms with Gasteiger partial charge in [-0.3, -0.25) is 9.69 Å². The third-order valence-corrected chi connectivity index (χ3v) is 5.33. The fourth-order valence-corrected chi connectivity index (χ4v) is 4.19. The van der Waals surface area contributed by atoms with Gasteiger partial charge < -0.3 is 9.52 Å². The number of nitrogens with zero attached hydrogens (tertiary/aromatic N) is 2. The SMILES string of the molecule is O=C(O)[C@@]12CCC[C@H]1CN(Cc1coc(-c3ccccc3)n1)C2. The van der Waals surface area contributed by atoms with Gasteiger partial charge in [-0.2, -0.15) is 0 Å². The Morgan fingerprint density at radius 2 is 2.22 bits per heavy atom. The van der Waals surface area contributed by atoms with Gasteiger partial charge in [0.05, 0.1) is 11.1 Å². The van der Waals surface area contributed by atoms with Crippen molar-refractivity contribution >= 4 is 5.97 Å². The van der Waals surface area contributed by atoms with Crippen LogP contribution in [0, 0.1) is 11.3 Å². The highest BCUT2D eigenvalue weighted by atomic mass is 16.4. The third-order valence-electron chi connectivity index (χ3n) is 5.33. The van der Waals surface area contributed by atoms with Crippen LogP contribution in [0.15, 0.2) is 41.0 Å². The van der Waals surface area contributed by atoms with Crippen molar-refractivity contribution in [2.45, 2.75) is 25.8 Å². The molecular formula is C18H20N2O3. The molecule has 5 heteroatoms. The summed E-state index contributed by atoms with van der Waals surface area (Å²) in [6.07, 6.45) is 4.55. The van der Waals surface area contributed by atoms with Crippen LogP contribution in [0.25, 0.3) is 11.5 Å². The van der Waals surface area contributed by atoms with Crippen LogP contribution in [0.1, 0.15) is 25.0 Å². The van der Waals surface area contributed by atoms with Crippen LogP contribution >= 0.6 is 0 Å². The summed E-state index contributed by atoms with van der Waals surface area (Å²) >= 11 is 0. The van der Waals surface area contributed by atoms with Crippen molar-refractivity contribution in [3.05, 3.63) is 42.3 Å². The van der Waals surface area contributed by atoms with E-state index in [2.05, 4.69) is 9.88 Å².